The van der Waals surface area contributed by atoms with Gasteiger partial charge in [-0.3, -0.25) is 0 Å². The third kappa shape index (κ3) is 3.72. The molecule has 0 aliphatic rings. The molecule has 200 valence electrons. The van der Waals surface area contributed by atoms with Crippen molar-refractivity contribution >= 4 is 54.1 Å². The maximum atomic E-state index is 2.42. The first kappa shape index (κ1) is 24.0. The van der Waals surface area contributed by atoms with Crippen LogP contribution in [0.5, 0.6) is 0 Å². The summed E-state index contributed by atoms with van der Waals surface area (Å²) in [7, 11) is 0. The van der Waals surface area contributed by atoms with E-state index in [0.717, 1.165) is 0 Å². The summed E-state index contributed by atoms with van der Waals surface area (Å²) in [6.45, 7) is 0. The van der Waals surface area contributed by atoms with Gasteiger partial charge in [0.25, 0.3) is 0 Å². The molecule has 0 spiro atoms. The molecule has 0 amide bonds. The van der Waals surface area contributed by atoms with Crippen molar-refractivity contribution in [2.24, 2.45) is 0 Å². The van der Waals surface area contributed by atoms with Crippen molar-refractivity contribution in [2.75, 3.05) is 0 Å². The minimum atomic E-state index is 1.18. The van der Waals surface area contributed by atoms with E-state index in [1.54, 1.807) is 0 Å². The monoisotopic (exact) mass is 545 g/mol. The molecule has 9 aromatic rings. The van der Waals surface area contributed by atoms with Crippen LogP contribution < -0.4 is 0 Å². The summed E-state index contributed by atoms with van der Waals surface area (Å²) in [5, 5.41) is 10.2. The first-order valence-corrected chi connectivity index (χ1v) is 14.9. The highest BCUT2D eigenvalue weighted by Gasteiger charge is 2.17. The van der Waals surface area contributed by atoms with Crippen LogP contribution in [0.15, 0.2) is 164 Å². The van der Waals surface area contributed by atoms with Gasteiger partial charge in [0.05, 0.1) is 11.0 Å². The topological polar surface area (TPSA) is 4.93 Å². The van der Waals surface area contributed by atoms with Crippen LogP contribution in [-0.4, -0.2) is 4.57 Å². The highest BCUT2D eigenvalue weighted by molar-refractivity contribution is 6.22. The van der Waals surface area contributed by atoms with Crippen LogP contribution in [0, 0.1) is 0 Å². The summed E-state index contributed by atoms with van der Waals surface area (Å²) in [6, 6.07) is 59.7. The van der Waals surface area contributed by atoms with E-state index in [0.29, 0.717) is 0 Å². The second-order valence-electron chi connectivity index (χ2n) is 11.4. The Labute approximate surface area is 249 Å². The van der Waals surface area contributed by atoms with Gasteiger partial charge in [-0.1, -0.05) is 133 Å². The van der Waals surface area contributed by atoms with Crippen molar-refractivity contribution in [3.05, 3.63) is 164 Å². The van der Waals surface area contributed by atoms with Crippen molar-refractivity contribution in [1.82, 2.24) is 4.57 Å². The van der Waals surface area contributed by atoms with E-state index in [1.165, 1.54) is 82.1 Å². The van der Waals surface area contributed by atoms with Crippen LogP contribution in [0.1, 0.15) is 0 Å². The van der Waals surface area contributed by atoms with E-state index < -0.39 is 0 Å². The molecule has 0 atom stereocenters. The van der Waals surface area contributed by atoms with Gasteiger partial charge in [-0.2, -0.15) is 0 Å². The van der Waals surface area contributed by atoms with E-state index in [2.05, 4.69) is 168 Å². The highest BCUT2D eigenvalue weighted by atomic mass is 15.0. The largest absolute Gasteiger partial charge is 0.309 e. The highest BCUT2D eigenvalue weighted by Crippen LogP contribution is 2.41. The molecule has 9 rings (SSSR count). The molecule has 0 N–H and O–H groups in total. The first-order chi connectivity index (χ1) is 21.3. The number of para-hydroxylation sites is 2. The van der Waals surface area contributed by atoms with Crippen molar-refractivity contribution in [3.8, 4) is 27.9 Å². The zero-order valence-electron chi connectivity index (χ0n) is 23.5. The number of nitrogens with zero attached hydrogens (tertiary/aromatic N) is 1. The minimum Gasteiger partial charge on any atom is -0.309 e. The fourth-order valence-electron chi connectivity index (χ4n) is 6.93. The van der Waals surface area contributed by atoms with Crippen molar-refractivity contribution in [2.45, 2.75) is 0 Å². The van der Waals surface area contributed by atoms with Crippen molar-refractivity contribution in [1.29, 1.82) is 0 Å². The first-order valence-electron chi connectivity index (χ1n) is 14.9. The molecule has 1 nitrogen and oxygen atoms in total. The summed E-state index contributed by atoms with van der Waals surface area (Å²) in [5.74, 6) is 0. The molecule has 0 saturated carbocycles. The number of hydrogen-bond acceptors (Lipinski definition) is 0. The van der Waals surface area contributed by atoms with Crippen LogP contribution in [0.2, 0.25) is 0 Å². The van der Waals surface area contributed by atoms with E-state index in [-0.39, 0.29) is 0 Å². The molecule has 0 saturated heterocycles. The Kier molecular flexibility index (Phi) is 5.27. The molecular weight excluding hydrogens is 518 g/mol. The predicted octanol–water partition coefficient (Wildman–Crippen LogP) is 11.6. The molecular formula is C42H27N. The lowest BCUT2D eigenvalue weighted by Crippen LogP contribution is -1.94. The maximum absolute atomic E-state index is 2.42. The van der Waals surface area contributed by atoms with Gasteiger partial charge in [0.2, 0.25) is 0 Å². The van der Waals surface area contributed by atoms with Crippen molar-refractivity contribution in [3.63, 3.8) is 0 Å². The summed E-state index contributed by atoms with van der Waals surface area (Å²) in [4.78, 5) is 0. The second kappa shape index (κ2) is 9.44. The Balaban J connectivity index is 1.23. The Morgan fingerprint density at radius 3 is 1.72 bits per heavy atom. The molecule has 0 fully saturated rings. The van der Waals surface area contributed by atoms with Crippen molar-refractivity contribution < 1.29 is 0 Å². The number of benzene rings is 8. The summed E-state index contributed by atoms with van der Waals surface area (Å²) in [5.41, 5.74) is 8.61. The Morgan fingerprint density at radius 1 is 0.326 bits per heavy atom. The number of hydrogen-bond donors (Lipinski definition) is 0. The summed E-state index contributed by atoms with van der Waals surface area (Å²) < 4.78 is 2.42. The van der Waals surface area contributed by atoms with E-state index in [1.807, 2.05) is 0 Å². The zero-order chi connectivity index (χ0) is 28.3. The summed E-state index contributed by atoms with van der Waals surface area (Å²) >= 11 is 0. The average Bonchev–Trinajstić information content (AvgIpc) is 3.43. The molecule has 1 aromatic heterocycles. The van der Waals surface area contributed by atoms with E-state index >= 15 is 0 Å². The predicted molar refractivity (Wildman–Crippen MR) is 184 cm³/mol. The van der Waals surface area contributed by atoms with E-state index in [4.69, 9.17) is 0 Å². The van der Waals surface area contributed by atoms with Crippen LogP contribution in [0.3, 0.4) is 0 Å². The molecule has 0 radical (unpaired) electrons. The zero-order valence-corrected chi connectivity index (χ0v) is 23.5. The minimum absolute atomic E-state index is 1.18. The van der Waals surface area contributed by atoms with Gasteiger partial charge in [0.1, 0.15) is 0 Å². The molecule has 0 aliphatic heterocycles. The van der Waals surface area contributed by atoms with Gasteiger partial charge < -0.3 is 4.57 Å². The van der Waals surface area contributed by atoms with Gasteiger partial charge >= 0.3 is 0 Å². The van der Waals surface area contributed by atoms with Crippen LogP contribution >= 0.6 is 0 Å². The SMILES string of the molecule is c1ccc(-n2c3ccccc3c3cc(-c4ccc(-c5ccc6ccc7ccccc7c6c5)cc4)c4ccccc4c32)cc1. The van der Waals surface area contributed by atoms with Gasteiger partial charge in [-0.25, -0.2) is 0 Å². The number of rotatable bonds is 3. The smallest absolute Gasteiger partial charge is 0.0619 e. The Bertz CT molecular complexity index is 2480. The molecule has 43 heavy (non-hydrogen) atoms. The number of fused-ring (bicyclic) bond motifs is 8. The standard InChI is InChI=1S/C42H27N/c1-2-11-33(12-3-1)43-41-17-9-8-15-36(41)40-27-39(35-14-6-7-16-37(35)42(40)43)31-20-18-28(19-21-31)32-25-24-30-23-22-29-10-4-5-13-34(29)38(30)26-32/h1-27H. The maximum Gasteiger partial charge on any atom is 0.0619 e. The summed E-state index contributed by atoms with van der Waals surface area (Å²) in [6.07, 6.45) is 0. The van der Waals surface area contributed by atoms with Crippen LogP contribution in [-0.2, 0) is 0 Å². The quantitative estimate of drug-likeness (QED) is 0.195. The molecule has 1 heterocycles. The average molecular weight is 546 g/mol. The van der Waals surface area contributed by atoms with Crippen LogP contribution in [0.4, 0.5) is 0 Å². The molecule has 0 aliphatic carbocycles. The molecule has 1 heteroatoms. The van der Waals surface area contributed by atoms with Gasteiger partial charge in [-0.15, -0.1) is 0 Å². The fraction of sp³-hybridized carbons (Fsp3) is 0. The third-order valence-corrected chi connectivity index (χ3v) is 8.97. The van der Waals surface area contributed by atoms with Crippen LogP contribution in [0.25, 0.3) is 82.1 Å². The number of aromatic nitrogens is 1. The molecule has 0 bridgehead atoms. The third-order valence-electron chi connectivity index (χ3n) is 8.97. The lowest BCUT2D eigenvalue weighted by Gasteiger charge is -2.13. The lowest BCUT2D eigenvalue weighted by atomic mass is 9.93. The Hall–Kier alpha value is -5.66. The van der Waals surface area contributed by atoms with Gasteiger partial charge in [0.15, 0.2) is 0 Å². The lowest BCUT2D eigenvalue weighted by molar-refractivity contribution is 1.19. The molecule has 8 aromatic carbocycles. The normalized spacial score (nSPS) is 11.7. The second-order valence-corrected chi connectivity index (χ2v) is 11.4. The molecule has 0 unspecified atom stereocenters. The van der Waals surface area contributed by atoms with Gasteiger partial charge in [-0.05, 0) is 79.5 Å². The van der Waals surface area contributed by atoms with E-state index in [9.17, 15) is 0 Å². The Morgan fingerprint density at radius 2 is 0.907 bits per heavy atom. The fourth-order valence-corrected chi connectivity index (χ4v) is 6.93. The van der Waals surface area contributed by atoms with Gasteiger partial charge in [0, 0.05) is 21.8 Å².